The van der Waals surface area contributed by atoms with Crippen molar-refractivity contribution in [3.05, 3.63) is 12.7 Å². The summed E-state index contributed by atoms with van der Waals surface area (Å²) in [6.45, 7) is 13.4. The number of fused-ring (bicyclic) bond motifs is 2. The Labute approximate surface area is 208 Å². The number of carbonyl (C=O) groups excluding carboxylic acids is 2. The van der Waals surface area contributed by atoms with E-state index in [0.717, 1.165) is 0 Å². The molecule has 2 amide bonds. The number of aliphatic hydroxyl groups is 1. The SMILES string of the molecule is CC(C)(C)OC(=O)N(C(=O)OC(C)(C)C)c1ncnc2c1ncn2C1O[C@H](CO)C2OC(C)(C)OC21. The number of carbonyl (C=O) groups is 2. The molecule has 3 unspecified atom stereocenters. The molecule has 1 N–H and O–H groups in total. The Morgan fingerprint density at radius 1 is 1.03 bits per heavy atom. The van der Waals surface area contributed by atoms with Crippen molar-refractivity contribution in [3.63, 3.8) is 0 Å². The van der Waals surface area contributed by atoms with E-state index in [1.807, 2.05) is 0 Å². The Balaban J connectivity index is 1.76. The second-order valence-corrected chi connectivity index (χ2v) is 11.1. The van der Waals surface area contributed by atoms with E-state index in [2.05, 4.69) is 15.0 Å². The third-order valence-corrected chi connectivity index (χ3v) is 5.28. The van der Waals surface area contributed by atoms with Gasteiger partial charge in [0.05, 0.1) is 12.9 Å². The van der Waals surface area contributed by atoms with E-state index in [1.165, 1.54) is 12.7 Å². The topological polar surface area (TPSA) is 147 Å². The predicted octanol–water partition coefficient (Wildman–Crippen LogP) is 2.91. The van der Waals surface area contributed by atoms with Gasteiger partial charge in [-0.3, -0.25) is 4.57 Å². The molecule has 0 bridgehead atoms. The highest BCUT2D eigenvalue weighted by molar-refractivity contribution is 6.12. The van der Waals surface area contributed by atoms with Crippen LogP contribution in [0.5, 0.6) is 0 Å². The number of imide groups is 1. The molecule has 0 aromatic carbocycles. The van der Waals surface area contributed by atoms with Gasteiger partial charge in [-0.1, -0.05) is 0 Å². The first-order valence-electron chi connectivity index (χ1n) is 11.7. The highest BCUT2D eigenvalue weighted by atomic mass is 16.8. The van der Waals surface area contributed by atoms with Gasteiger partial charge in [-0.05, 0) is 55.4 Å². The summed E-state index contributed by atoms with van der Waals surface area (Å²) in [5.41, 5.74) is -1.36. The summed E-state index contributed by atoms with van der Waals surface area (Å²) in [6, 6.07) is 0. The molecule has 2 saturated heterocycles. The van der Waals surface area contributed by atoms with Crippen LogP contribution in [0.1, 0.15) is 61.6 Å². The summed E-state index contributed by atoms with van der Waals surface area (Å²) in [5, 5.41) is 9.82. The van der Waals surface area contributed by atoms with Crippen LogP contribution in [0.4, 0.5) is 15.4 Å². The number of anilines is 1. The van der Waals surface area contributed by atoms with E-state index in [0.29, 0.717) is 4.90 Å². The molecule has 2 aromatic heterocycles. The Hall–Kier alpha value is -2.87. The lowest BCUT2D eigenvalue weighted by molar-refractivity contribution is -0.199. The largest absolute Gasteiger partial charge is 0.443 e. The Morgan fingerprint density at radius 2 is 1.61 bits per heavy atom. The predicted molar refractivity (Wildman–Crippen MR) is 125 cm³/mol. The first-order chi connectivity index (χ1) is 16.6. The van der Waals surface area contributed by atoms with Gasteiger partial charge in [-0.25, -0.2) is 24.5 Å². The number of aromatic nitrogens is 4. The summed E-state index contributed by atoms with van der Waals surface area (Å²) in [4.78, 5) is 39.8. The molecule has 2 aromatic rings. The molecule has 0 spiro atoms. The zero-order chi connectivity index (χ0) is 26.6. The monoisotopic (exact) mass is 507 g/mol. The Bertz CT molecular complexity index is 1120. The van der Waals surface area contributed by atoms with Gasteiger partial charge in [0.1, 0.15) is 35.8 Å². The van der Waals surface area contributed by atoms with Crippen molar-refractivity contribution in [1.82, 2.24) is 19.5 Å². The molecule has 198 valence electrons. The van der Waals surface area contributed by atoms with E-state index < -0.39 is 53.7 Å². The van der Waals surface area contributed by atoms with Crippen LogP contribution in [0.3, 0.4) is 0 Å². The van der Waals surface area contributed by atoms with Crippen molar-refractivity contribution in [2.24, 2.45) is 0 Å². The molecule has 13 nitrogen and oxygen atoms in total. The molecule has 36 heavy (non-hydrogen) atoms. The van der Waals surface area contributed by atoms with Crippen LogP contribution in [0.25, 0.3) is 11.2 Å². The average molecular weight is 508 g/mol. The van der Waals surface area contributed by atoms with Crippen LogP contribution < -0.4 is 4.90 Å². The molecule has 13 heteroatoms. The molecule has 0 aliphatic carbocycles. The maximum absolute atomic E-state index is 13.1. The third-order valence-electron chi connectivity index (χ3n) is 5.28. The third kappa shape index (κ3) is 5.14. The van der Waals surface area contributed by atoms with E-state index in [9.17, 15) is 14.7 Å². The molecule has 4 heterocycles. The molecular formula is C23H33N5O8. The van der Waals surface area contributed by atoms with Gasteiger partial charge in [0.2, 0.25) is 0 Å². The van der Waals surface area contributed by atoms with Crippen LogP contribution in [-0.4, -0.2) is 78.7 Å². The molecular weight excluding hydrogens is 474 g/mol. The molecule has 0 radical (unpaired) electrons. The van der Waals surface area contributed by atoms with Crippen LogP contribution in [-0.2, 0) is 23.7 Å². The quantitative estimate of drug-likeness (QED) is 0.654. The molecule has 2 aliphatic rings. The highest BCUT2D eigenvalue weighted by Crippen LogP contribution is 2.43. The smallest absolute Gasteiger partial charge is 0.425 e. The second-order valence-electron chi connectivity index (χ2n) is 11.1. The van der Waals surface area contributed by atoms with Crippen molar-refractivity contribution in [2.75, 3.05) is 11.5 Å². The minimum Gasteiger partial charge on any atom is -0.443 e. The standard InChI is InChI=1S/C23H33N5O8/c1-21(2,3)35-19(30)28(20(31)36-22(4,5)6)17-13-16(24-10-25-17)27(11-26-13)18-15-14(12(9-29)32-18)33-23(7,8)34-15/h10-12,14-15,18,29H,9H2,1-8H3/t12-,14?,15?,18?/m1/s1. The summed E-state index contributed by atoms with van der Waals surface area (Å²) in [5.74, 6) is -0.981. The average Bonchev–Trinajstić information content (AvgIpc) is 3.36. The fourth-order valence-electron chi connectivity index (χ4n) is 4.08. The maximum Gasteiger partial charge on any atom is 0.425 e. The van der Waals surface area contributed by atoms with E-state index >= 15 is 0 Å². The van der Waals surface area contributed by atoms with E-state index in [1.54, 1.807) is 60.0 Å². The number of amides is 2. The Morgan fingerprint density at radius 3 is 2.17 bits per heavy atom. The second kappa shape index (κ2) is 8.91. The minimum atomic E-state index is -0.974. The molecule has 4 rings (SSSR count). The van der Waals surface area contributed by atoms with Gasteiger partial charge in [0, 0.05) is 0 Å². The van der Waals surface area contributed by atoms with Crippen LogP contribution in [0.2, 0.25) is 0 Å². The van der Waals surface area contributed by atoms with Crippen LogP contribution in [0.15, 0.2) is 12.7 Å². The lowest BCUT2D eigenvalue weighted by Crippen LogP contribution is -2.44. The fraction of sp³-hybridized carbons (Fsp3) is 0.696. The normalized spacial score (nSPS) is 25.6. The van der Waals surface area contributed by atoms with Crippen molar-refractivity contribution in [1.29, 1.82) is 0 Å². The first-order valence-corrected chi connectivity index (χ1v) is 11.7. The van der Waals surface area contributed by atoms with Crippen molar-refractivity contribution >= 4 is 29.2 Å². The maximum atomic E-state index is 13.1. The van der Waals surface area contributed by atoms with Crippen molar-refractivity contribution in [2.45, 2.75) is 96.9 Å². The molecule has 2 fully saturated rings. The van der Waals surface area contributed by atoms with Gasteiger partial charge in [0.25, 0.3) is 0 Å². The van der Waals surface area contributed by atoms with Gasteiger partial charge in [-0.2, -0.15) is 4.90 Å². The molecule has 2 aliphatic heterocycles. The number of hydrogen-bond acceptors (Lipinski definition) is 11. The fourth-order valence-corrected chi connectivity index (χ4v) is 4.08. The van der Waals surface area contributed by atoms with Gasteiger partial charge in [-0.15, -0.1) is 0 Å². The first kappa shape index (κ1) is 26.2. The summed E-state index contributed by atoms with van der Waals surface area (Å²) >= 11 is 0. The molecule has 4 atom stereocenters. The van der Waals surface area contributed by atoms with E-state index in [4.69, 9.17) is 23.7 Å². The highest BCUT2D eigenvalue weighted by Gasteiger charge is 2.56. The number of hydrogen-bond donors (Lipinski definition) is 1. The van der Waals surface area contributed by atoms with Crippen molar-refractivity contribution < 1.29 is 38.4 Å². The zero-order valence-electron chi connectivity index (χ0n) is 21.7. The number of rotatable bonds is 3. The number of aliphatic hydroxyl groups excluding tert-OH is 1. The summed E-state index contributed by atoms with van der Waals surface area (Å²) < 4.78 is 30.5. The van der Waals surface area contributed by atoms with E-state index in [-0.39, 0.29) is 23.6 Å². The molecule has 0 saturated carbocycles. The number of nitrogens with zero attached hydrogens (tertiary/aromatic N) is 5. The lowest BCUT2D eigenvalue weighted by Gasteiger charge is -2.28. The number of ether oxygens (including phenoxy) is 5. The Kier molecular flexibility index (Phi) is 6.48. The summed E-state index contributed by atoms with van der Waals surface area (Å²) in [6.07, 6.45) is -1.73. The van der Waals surface area contributed by atoms with Gasteiger partial charge in [0.15, 0.2) is 29.0 Å². The van der Waals surface area contributed by atoms with Crippen LogP contribution in [0, 0.1) is 0 Å². The number of imidazole rings is 1. The van der Waals surface area contributed by atoms with Gasteiger partial charge >= 0.3 is 12.2 Å². The minimum absolute atomic E-state index is 0.112. The lowest BCUT2D eigenvalue weighted by atomic mass is 10.1. The van der Waals surface area contributed by atoms with Crippen molar-refractivity contribution in [3.8, 4) is 0 Å². The van der Waals surface area contributed by atoms with Gasteiger partial charge < -0.3 is 28.8 Å². The summed E-state index contributed by atoms with van der Waals surface area (Å²) in [7, 11) is 0. The van der Waals surface area contributed by atoms with Crippen LogP contribution >= 0.6 is 0 Å². The zero-order valence-corrected chi connectivity index (χ0v) is 21.7.